The van der Waals surface area contributed by atoms with Gasteiger partial charge in [0.1, 0.15) is 0 Å². The van der Waals surface area contributed by atoms with Crippen LogP contribution >= 0.6 is 0 Å². The van der Waals surface area contributed by atoms with E-state index in [0.29, 0.717) is 18.2 Å². The molecule has 0 saturated carbocycles. The Morgan fingerprint density at radius 2 is 2.04 bits per heavy atom. The lowest BCUT2D eigenvalue weighted by molar-refractivity contribution is 0.475. The van der Waals surface area contributed by atoms with Crippen LogP contribution in [0, 0.1) is 5.82 Å². The van der Waals surface area contributed by atoms with Crippen LogP contribution in [0.1, 0.15) is 24.0 Å². The largest absolute Gasteiger partial charge is 0.337 e. The standard InChI is InChI=1S/C18H19FN6O/c19-15-16(22-12-2-1-10-6-20-7-11(10)5-12)23-18(24-17(15)26)25-13-3-4-14(25)9-21-8-13/h1-2,5,7,13-14,21H,3-4,6,8-9H2,(H2,22,23,24,26). The molecule has 3 aliphatic heterocycles. The van der Waals surface area contributed by atoms with Crippen LogP contribution in [0.15, 0.2) is 28.0 Å². The van der Waals surface area contributed by atoms with Crippen LogP contribution in [0.4, 0.5) is 21.8 Å². The van der Waals surface area contributed by atoms with E-state index in [0.717, 1.165) is 37.1 Å². The van der Waals surface area contributed by atoms with E-state index in [2.05, 4.69) is 30.5 Å². The highest BCUT2D eigenvalue weighted by Gasteiger charge is 2.38. The molecule has 2 fully saturated rings. The normalized spacial score (nSPS) is 23.3. The van der Waals surface area contributed by atoms with Gasteiger partial charge in [-0.2, -0.15) is 9.37 Å². The number of aliphatic imine (C=N–C) groups is 1. The number of fused-ring (bicyclic) bond motifs is 3. The molecule has 2 saturated heterocycles. The van der Waals surface area contributed by atoms with Crippen molar-refractivity contribution in [2.75, 3.05) is 23.3 Å². The number of hydrogen-bond donors (Lipinski definition) is 3. The van der Waals surface area contributed by atoms with Gasteiger partial charge in [-0.15, -0.1) is 0 Å². The fourth-order valence-electron chi connectivity index (χ4n) is 4.09. The van der Waals surface area contributed by atoms with Crippen LogP contribution in [-0.4, -0.2) is 41.4 Å². The SMILES string of the molecule is O=c1[nH]c(N2C3CCC2CNC3)nc(Nc2ccc3c(c2)C=NC3)c1F. The van der Waals surface area contributed by atoms with E-state index in [9.17, 15) is 9.18 Å². The zero-order valence-corrected chi connectivity index (χ0v) is 14.1. The first-order valence-corrected chi connectivity index (χ1v) is 8.88. The molecule has 0 spiro atoms. The van der Waals surface area contributed by atoms with Gasteiger partial charge in [-0.3, -0.25) is 14.8 Å². The number of piperazine rings is 1. The topological polar surface area (TPSA) is 85.4 Å². The van der Waals surface area contributed by atoms with Gasteiger partial charge < -0.3 is 15.5 Å². The summed E-state index contributed by atoms with van der Waals surface area (Å²) in [6, 6.07) is 6.26. The third kappa shape index (κ3) is 2.48. The molecule has 26 heavy (non-hydrogen) atoms. The van der Waals surface area contributed by atoms with E-state index >= 15 is 0 Å². The summed E-state index contributed by atoms with van der Waals surface area (Å²) in [4.78, 5) is 25.5. The predicted molar refractivity (Wildman–Crippen MR) is 98.0 cm³/mol. The molecule has 4 heterocycles. The van der Waals surface area contributed by atoms with Crippen molar-refractivity contribution in [3.8, 4) is 0 Å². The minimum Gasteiger partial charge on any atom is -0.337 e. The van der Waals surface area contributed by atoms with Crippen molar-refractivity contribution in [2.45, 2.75) is 31.5 Å². The number of halogens is 1. The van der Waals surface area contributed by atoms with Gasteiger partial charge in [-0.1, -0.05) is 6.07 Å². The highest BCUT2D eigenvalue weighted by atomic mass is 19.1. The molecule has 0 aliphatic carbocycles. The molecular formula is C18H19FN6O. The molecule has 134 valence electrons. The van der Waals surface area contributed by atoms with Gasteiger partial charge in [0, 0.05) is 37.1 Å². The van der Waals surface area contributed by atoms with E-state index in [1.165, 1.54) is 0 Å². The van der Waals surface area contributed by atoms with Gasteiger partial charge in [0.15, 0.2) is 5.82 Å². The Morgan fingerprint density at radius 1 is 1.23 bits per heavy atom. The van der Waals surface area contributed by atoms with Gasteiger partial charge in [0.2, 0.25) is 11.8 Å². The van der Waals surface area contributed by atoms with Crippen LogP contribution < -0.4 is 21.1 Å². The maximum Gasteiger partial charge on any atom is 0.290 e. The highest BCUT2D eigenvalue weighted by Crippen LogP contribution is 2.31. The van der Waals surface area contributed by atoms with Crippen LogP contribution in [0.25, 0.3) is 0 Å². The minimum absolute atomic E-state index is 0.0448. The van der Waals surface area contributed by atoms with Crippen molar-refractivity contribution in [3.05, 3.63) is 45.5 Å². The first kappa shape index (κ1) is 15.5. The van der Waals surface area contributed by atoms with E-state index in [1.807, 2.05) is 18.2 Å². The summed E-state index contributed by atoms with van der Waals surface area (Å²) in [5.74, 6) is -0.502. The number of anilines is 3. The number of benzene rings is 1. The van der Waals surface area contributed by atoms with E-state index < -0.39 is 11.4 Å². The molecule has 2 aromatic rings. The zero-order valence-electron chi connectivity index (χ0n) is 14.1. The fourth-order valence-corrected chi connectivity index (χ4v) is 4.09. The lowest BCUT2D eigenvalue weighted by atomic mass is 10.1. The van der Waals surface area contributed by atoms with E-state index in [1.54, 1.807) is 6.21 Å². The molecule has 1 aromatic heterocycles. The molecule has 0 radical (unpaired) electrons. The fraction of sp³-hybridized carbons (Fsp3) is 0.389. The molecule has 7 nitrogen and oxygen atoms in total. The van der Waals surface area contributed by atoms with Crippen LogP contribution in [-0.2, 0) is 6.54 Å². The van der Waals surface area contributed by atoms with Crippen molar-refractivity contribution < 1.29 is 4.39 Å². The Balaban J connectivity index is 1.50. The summed E-state index contributed by atoms with van der Waals surface area (Å²) in [7, 11) is 0. The summed E-state index contributed by atoms with van der Waals surface area (Å²) < 4.78 is 14.4. The Hall–Kier alpha value is -2.74. The number of aromatic amines is 1. The molecule has 8 heteroatoms. The maximum absolute atomic E-state index is 14.4. The van der Waals surface area contributed by atoms with Crippen molar-refractivity contribution >= 4 is 23.7 Å². The number of H-pyrrole nitrogens is 1. The minimum atomic E-state index is -0.898. The first-order valence-electron chi connectivity index (χ1n) is 8.88. The zero-order chi connectivity index (χ0) is 17.7. The molecule has 2 unspecified atom stereocenters. The third-order valence-electron chi connectivity index (χ3n) is 5.38. The molecule has 2 bridgehead atoms. The van der Waals surface area contributed by atoms with Gasteiger partial charge in [0.25, 0.3) is 5.56 Å². The number of nitrogens with one attached hydrogen (secondary N) is 3. The average molecular weight is 354 g/mol. The smallest absolute Gasteiger partial charge is 0.290 e. The molecule has 2 atom stereocenters. The molecule has 3 aliphatic rings. The summed E-state index contributed by atoms with van der Waals surface area (Å²) in [6.45, 7) is 2.37. The van der Waals surface area contributed by atoms with Gasteiger partial charge in [-0.05, 0) is 36.1 Å². The summed E-state index contributed by atoms with van der Waals surface area (Å²) in [5, 5.41) is 6.35. The number of nitrogens with zero attached hydrogens (tertiary/aromatic N) is 3. The second kappa shape index (κ2) is 5.91. The Morgan fingerprint density at radius 3 is 2.85 bits per heavy atom. The predicted octanol–water partition coefficient (Wildman–Crippen LogP) is 1.53. The maximum atomic E-state index is 14.4. The molecule has 1 aromatic carbocycles. The molecule has 3 N–H and O–H groups in total. The van der Waals surface area contributed by atoms with Crippen molar-refractivity contribution in [1.29, 1.82) is 0 Å². The first-order chi connectivity index (χ1) is 12.7. The van der Waals surface area contributed by atoms with E-state index in [-0.39, 0.29) is 17.9 Å². The number of hydrogen-bond acceptors (Lipinski definition) is 6. The molecule has 5 rings (SSSR count). The molecular weight excluding hydrogens is 335 g/mol. The second-order valence-electron chi connectivity index (χ2n) is 7.01. The Labute approximate surface area is 149 Å². The summed E-state index contributed by atoms with van der Waals surface area (Å²) in [6.07, 6.45) is 3.89. The van der Waals surface area contributed by atoms with Crippen molar-refractivity contribution in [2.24, 2.45) is 4.99 Å². The second-order valence-corrected chi connectivity index (χ2v) is 7.01. The van der Waals surface area contributed by atoms with Gasteiger partial charge in [-0.25, -0.2) is 0 Å². The summed E-state index contributed by atoms with van der Waals surface area (Å²) in [5.41, 5.74) is 2.06. The Bertz CT molecular complexity index is 939. The lowest BCUT2D eigenvalue weighted by Gasteiger charge is -2.35. The lowest BCUT2D eigenvalue weighted by Crippen LogP contribution is -2.53. The van der Waals surface area contributed by atoms with Crippen molar-refractivity contribution in [1.82, 2.24) is 15.3 Å². The van der Waals surface area contributed by atoms with Gasteiger partial charge >= 0.3 is 0 Å². The third-order valence-corrected chi connectivity index (χ3v) is 5.38. The Kier molecular flexibility index (Phi) is 3.53. The monoisotopic (exact) mass is 354 g/mol. The van der Waals surface area contributed by atoms with Crippen molar-refractivity contribution in [3.63, 3.8) is 0 Å². The van der Waals surface area contributed by atoms with Crippen LogP contribution in [0.2, 0.25) is 0 Å². The van der Waals surface area contributed by atoms with E-state index in [4.69, 9.17) is 0 Å². The quantitative estimate of drug-likeness (QED) is 0.778. The summed E-state index contributed by atoms with van der Waals surface area (Å²) >= 11 is 0. The van der Waals surface area contributed by atoms with Gasteiger partial charge in [0.05, 0.1) is 6.54 Å². The molecule has 0 amide bonds. The number of rotatable bonds is 3. The highest BCUT2D eigenvalue weighted by molar-refractivity contribution is 5.86. The average Bonchev–Trinajstić information content (AvgIpc) is 3.20. The van der Waals surface area contributed by atoms with Crippen LogP contribution in [0.5, 0.6) is 0 Å². The number of aromatic nitrogens is 2. The van der Waals surface area contributed by atoms with Crippen LogP contribution in [0.3, 0.4) is 0 Å².